The number of hydrogen-bond acceptors (Lipinski definition) is 3. The van der Waals surface area contributed by atoms with E-state index < -0.39 is 0 Å². The molecule has 0 spiro atoms. The summed E-state index contributed by atoms with van der Waals surface area (Å²) in [6.45, 7) is 47.1. The smallest absolute Gasteiger partial charge is 0.264 e. The van der Waals surface area contributed by atoms with Gasteiger partial charge in [-0.25, -0.2) is 0 Å². The first-order valence-corrected chi connectivity index (χ1v) is 33.1. The van der Waals surface area contributed by atoms with E-state index in [0.29, 0.717) is 5.92 Å². The molecule has 3 unspecified atom stereocenters. The highest BCUT2D eigenvalue weighted by molar-refractivity contribution is 7.33. The minimum absolute atomic E-state index is 0.00534. The van der Waals surface area contributed by atoms with Crippen LogP contribution in [0.4, 0.5) is 22.7 Å². The van der Waals surface area contributed by atoms with E-state index in [0.717, 1.165) is 19.3 Å². The zero-order chi connectivity index (χ0) is 58.9. The molecule has 3 heterocycles. The van der Waals surface area contributed by atoms with E-state index in [1.807, 2.05) is 0 Å². The van der Waals surface area contributed by atoms with E-state index in [2.05, 4.69) is 267 Å². The van der Waals surface area contributed by atoms with Gasteiger partial charge in [0.25, 0.3) is 6.71 Å². The lowest BCUT2D eigenvalue weighted by Gasteiger charge is -2.54. The van der Waals surface area contributed by atoms with Crippen LogP contribution in [0.1, 0.15) is 214 Å². The molecule has 1 aromatic heterocycles. The van der Waals surface area contributed by atoms with Gasteiger partial charge in [0.2, 0.25) is 0 Å². The summed E-state index contributed by atoms with van der Waals surface area (Å²) in [5, 5.41) is 1.40. The summed E-state index contributed by atoms with van der Waals surface area (Å²) in [5.74, 6) is 0.464. The fourth-order valence-corrected chi connectivity index (χ4v) is 18.3. The molecular weight excluding hydrogens is 1020 g/mol. The van der Waals surface area contributed by atoms with Crippen LogP contribution in [0.5, 0.6) is 0 Å². The predicted octanol–water partition coefficient (Wildman–Crippen LogP) is 20.0. The summed E-state index contributed by atoms with van der Waals surface area (Å²) < 4.78 is 2.90. The van der Waals surface area contributed by atoms with Crippen molar-refractivity contribution in [3.63, 3.8) is 0 Å². The maximum absolute atomic E-state index is 4.61. The highest BCUT2D eigenvalue weighted by atomic mass is 32.1. The first-order valence-electron chi connectivity index (χ1n) is 32.3. The number of anilines is 4. The zero-order valence-corrected chi connectivity index (χ0v) is 54.7. The Morgan fingerprint density at radius 2 is 1.29 bits per heavy atom. The highest BCUT2D eigenvalue weighted by Crippen LogP contribution is 2.58. The maximum atomic E-state index is 4.61. The van der Waals surface area contributed by atoms with Crippen molar-refractivity contribution < 1.29 is 0 Å². The van der Waals surface area contributed by atoms with Gasteiger partial charge < -0.3 is 9.80 Å². The third-order valence-electron chi connectivity index (χ3n) is 23.0. The second-order valence-corrected chi connectivity index (χ2v) is 33.0. The molecule has 0 saturated heterocycles. The third-order valence-corrected chi connectivity index (χ3v) is 24.2. The average molecular weight is 1120 g/mol. The summed E-state index contributed by atoms with van der Waals surface area (Å²) in [5.41, 5.74) is 25.3. The quantitative estimate of drug-likeness (QED) is 0.140. The molecule has 7 aliphatic rings. The van der Waals surface area contributed by atoms with E-state index in [1.165, 1.54) is 144 Å². The first-order chi connectivity index (χ1) is 39.0. The van der Waals surface area contributed by atoms with Gasteiger partial charge in [-0.15, -0.1) is 11.3 Å². The summed E-state index contributed by atoms with van der Waals surface area (Å²) in [7, 11) is 0. The van der Waals surface area contributed by atoms with Crippen LogP contribution in [0.2, 0.25) is 0 Å². The van der Waals surface area contributed by atoms with Crippen molar-refractivity contribution in [3.05, 3.63) is 189 Å². The molecule has 5 aromatic carbocycles. The maximum Gasteiger partial charge on any atom is 0.264 e. The van der Waals surface area contributed by atoms with Crippen LogP contribution in [0, 0.1) is 22.2 Å². The molecular formula is C79H95BN2S. The number of benzene rings is 5. The van der Waals surface area contributed by atoms with Gasteiger partial charge in [0.15, 0.2) is 0 Å². The summed E-state index contributed by atoms with van der Waals surface area (Å²) >= 11 is 2.11. The largest absolute Gasteiger partial charge is 0.334 e. The van der Waals surface area contributed by atoms with Crippen molar-refractivity contribution in [2.75, 3.05) is 9.80 Å². The molecule has 4 heteroatoms. The topological polar surface area (TPSA) is 6.48 Å². The Kier molecular flexibility index (Phi) is 12.9. The van der Waals surface area contributed by atoms with Crippen LogP contribution in [-0.2, 0) is 33.5 Å². The third kappa shape index (κ3) is 8.63. The van der Waals surface area contributed by atoms with Crippen LogP contribution in [0.25, 0.3) is 15.8 Å². The van der Waals surface area contributed by atoms with Crippen LogP contribution >= 0.6 is 11.3 Å². The van der Waals surface area contributed by atoms with Gasteiger partial charge in [-0.1, -0.05) is 209 Å². The summed E-state index contributed by atoms with van der Waals surface area (Å²) in [4.78, 5) is 5.80. The number of allylic oxidation sites excluding steroid dienone is 6. The van der Waals surface area contributed by atoms with Crippen molar-refractivity contribution in [1.82, 2.24) is 0 Å². The number of nitrogens with zero attached hydrogens (tertiary/aromatic N) is 2. The molecule has 5 aliphatic carbocycles. The summed E-state index contributed by atoms with van der Waals surface area (Å²) in [6.07, 6.45) is 22.3. The Bertz CT molecular complexity index is 3800. The second-order valence-electron chi connectivity index (χ2n) is 31.9. The lowest BCUT2D eigenvalue weighted by atomic mass is 9.35. The molecule has 2 saturated carbocycles. The van der Waals surface area contributed by atoms with Gasteiger partial charge in [-0.3, -0.25) is 0 Å². The Labute approximate surface area is 505 Å². The number of rotatable bonds is 8. The van der Waals surface area contributed by atoms with Crippen LogP contribution < -0.4 is 25.5 Å². The van der Waals surface area contributed by atoms with Crippen LogP contribution in [-0.4, -0.2) is 12.8 Å². The number of hydrogen-bond donors (Lipinski definition) is 0. The molecule has 3 atom stereocenters. The van der Waals surface area contributed by atoms with Crippen LogP contribution in [0.15, 0.2) is 150 Å². The Balaban J connectivity index is 1.22. The molecule has 0 radical (unpaired) electrons. The van der Waals surface area contributed by atoms with E-state index in [1.54, 1.807) is 16.7 Å². The molecule has 2 fully saturated rings. The molecule has 2 nitrogen and oxygen atoms in total. The lowest BCUT2D eigenvalue weighted by molar-refractivity contribution is 0.270. The van der Waals surface area contributed by atoms with E-state index in [9.17, 15) is 0 Å². The standard InChI is InChI=1S/C79H95BN2S/c1-19-50-40-55-67(47-57(50)78(17)33-27-34-78)83-71-70(55)82(63(51-28-23-21-24-29-51)45-59-56(20-2)74(9,10)36-37-76(59,13)14)66-42-53(72(4,5)6)41-65-69(66)80(71)62-44-58-60(77(15,16)39-38-75(58,11)12)46-64(62)81(65)68-43-54-49(3)32-35-73(7,8)61(54)48-79(68,18)52-30-25-22-26-31-52/h20-26,28-31,40-49,68H,2,19,27,32-39H2,1,3-18H3/b63-45-. The molecule has 0 bridgehead atoms. The molecule has 430 valence electrons. The van der Waals surface area contributed by atoms with Crippen molar-refractivity contribution in [2.45, 2.75) is 215 Å². The fraction of sp³-hybridized carbons (Fsp3) is 0.468. The van der Waals surface area contributed by atoms with Crippen molar-refractivity contribution in [2.24, 2.45) is 22.2 Å². The number of aryl methyl sites for hydroxylation is 1. The average Bonchev–Trinajstić information content (AvgIpc) is 1.89. The van der Waals surface area contributed by atoms with Crippen LogP contribution in [0.3, 0.4) is 0 Å². The van der Waals surface area contributed by atoms with E-state index in [-0.39, 0.29) is 56.1 Å². The molecule has 13 rings (SSSR count). The Morgan fingerprint density at radius 3 is 1.90 bits per heavy atom. The van der Waals surface area contributed by atoms with Crippen molar-refractivity contribution >= 4 is 72.3 Å². The minimum atomic E-state index is -0.377. The Morgan fingerprint density at radius 1 is 0.675 bits per heavy atom. The summed E-state index contributed by atoms with van der Waals surface area (Å²) in [6, 6.07) is 39.5. The molecule has 2 aliphatic heterocycles. The molecule has 83 heavy (non-hydrogen) atoms. The van der Waals surface area contributed by atoms with Gasteiger partial charge >= 0.3 is 0 Å². The SMILES string of the molecule is C=CC1=C(/C=C(/c2ccccc2)N2c3cc(C(C)(C)C)cc4c3B(c3cc5c(cc3N4C3C=C4C(=CC3(C)c3ccccc3)C(C)(C)CCC4C)C(C)(C)CCC5(C)C)c3sc4cc(C5(C)CCC5)c(CC)cc4c32)C(C)(C)CCC1(C)C. The zero-order valence-electron chi connectivity index (χ0n) is 53.9. The monoisotopic (exact) mass is 1110 g/mol. The molecule has 6 aromatic rings. The minimum Gasteiger partial charge on any atom is -0.334 e. The van der Waals surface area contributed by atoms with Gasteiger partial charge in [-0.2, -0.15) is 0 Å². The van der Waals surface area contributed by atoms with Gasteiger partial charge in [0.05, 0.1) is 17.4 Å². The molecule has 0 N–H and O–H groups in total. The van der Waals surface area contributed by atoms with Gasteiger partial charge in [-0.05, 0) is 217 Å². The normalized spacial score (nSPS) is 25.1. The first kappa shape index (κ1) is 56.6. The molecule has 0 amide bonds. The van der Waals surface area contributed by atoms with E-state index >= 15 is 0 Å². The highest BCUT2D eigenvalue weighted by Gasteiger charge is 2.54. The van der Waals surface area contributed by atoms with Gasteiger partial charge in [0, 0.05) is 37.3 Å². The number of thiophene rings is 1. The van der Waals surface area contributed by atoms with E-state index in [4.69, 9.17) is 0 Å². The number of fused-ring (bicyclic) bond motifs is 8. The van der Waals surface area contributed by atoms with Crippen molar-refractivity contribution in [3.8, 4) is 0 Å². The fourth-order valence-electron chi connectivity index (χ4n) is 17.0. The lowest BCUT2D eigenvalue weighted by Crippen LogP contribution is -2.64. The Hall–Kier alpha value is -5.58. The van der Waals surface area contributed by atoms with Crippen molar-refractivity contribution in [1.29, 1.82) is 0 Å². The second kappa shape index (κ2) is 19.0. The van der Waals surface area contributed by atoms with Gasteiger partial charge in [0.1, 0.15) is 0 Å². The predicted molar refractivity (Wildman–Crippen MR) is 363 cm³/mol.